The Hall–Kier alpha value is -2.06. The van der Waals surface area contributed by atoms with Crippen molar-refractivity contribution >= 4 is 5.91 Å². The van der Waals surface area contributed by atoms with E-state index >= 15 is 0 Å². The van der Waals surface area contributed by atoms with E-state index in [-0.39, 0.29) is 5.91 Å². The minimum Gasteiger partial charge on any atom is -0.480 e. The fourth-order valence-corrected chi connectivity index (χ4v) is 2.37. The van der Waals surface area contributed by atoms with Gasteiger partial charge in [-0.1, -0.05) is 12.1 Å². The summed E-state index contributed by atoms with van der Waals surface area (Å²) >= 11 is 0. The van der Waals surface area contributed by atoms with Crippen LogP contribution in [0.4, 0.5) is 0 Å². The van der Waals surface area contributed by atoms with Gasteiger partial charge < -0.3 is 14.7 Å². The molecule has 0 aromatic heterocycles. The molecule has 1 aromatic carbocycles. The van der Waals surface area contributed by atoms with Crippen molar-refractivity contribution in [2.75, 3.05) is 13.1 Å². The first-order chi connectivity index (χ1) is 9.93. The number of rotatable bonds is 3. The van der Waals surface area contributed by atoms with E-state index in [0.29, 0.717) is 37.2 Å². The van der Waals surface area contributed by atoms with Crippen molar-refractivity contribution in [3.05, 3.63) is 29.8 Å². The van der Waals surface area contributed by atoms with Crippen LogP contribution in [0.1, 0.15) is 32.3 Å². The van der Waals surface area contributed by atoms with Crippen LogP contribution in [0.15, 0.2) is 24.3 Å². The van der Waals surface area contributed by atoms with Crippen molar-refractivity contribution in [3.63, 3.8) is 0 Å². The third-order valence-corrected chi connectivity index (χ3v) is 3.81. The summed E-state index contributed by atoms with van der Waals surface area (Å²) in [6.07, 6.45) is 0.489. The van der Waals surface area contributed by atoms with E-state index in [0.717, 1.165) is 0 Å². The van der Waals surface area contributed by atoms with E-state index in [4.69, 9.17) is 10.00 Å². The average Bonchev–Trinajstić information content (AvgIpc) is 2.47. The number of hydrogen-bond acceptors (Lipinski definition) is 4. The molecule has 1 N–H and O–H groups in total. The minimum atomic E-state index is -0.686. The van der Waals surface area contributed by atoms with Gasteiger partial charge in [0.1, 0.15) is 11.8 Å². The van der Waals surface area contributed by atoms with Crippen LogP contribution in [0.3, 0.4) is 0 Å². The highest BCUT2D eigenvalue weighted by Gasteiger charge is 2.32. The molecule has 2 rings (SSSR count). The van der Waals surface area contributed by atoms with E-state index in [1.807, 2.05) is 6.07 Å². The van der Waals surface area contributed by atoms with Crippen molar-refractivity contribution < 1.29 is 14.6 Å². The lowest BCUT2D eigenvalue weighted by Gasteiger charge is -2.36. The van der Waals surface area contributed by atoms with Crippen LogP contribution in [-0.4, -0.2) is 40.7 Å². The zero-order chi connectivity index (χ0) is 15.5. The zero-order valence-corrected chi connectivity index (χ0v) is 12.4. The van der Waals surface area contributed by atoms with Crippen LogP contribution >= 0.6 is 0 Å². The summed E-state index contributed by atoms with van der Waals surface area (Å²) in [6.45, 7) is 4.53. The highest BCUT2D eigenvalue weighted by molar-refractivity contribution is 5.81. The van der Waals surface area contributed by atoms with Crippen LogP contribution < -0.4 is 4.74 Å². The lowest BCUT2D eigenvalue weighted by molar-refractivity contribution is -0.141. The summed E-state index contributed by atoms with van der Waals surface area (Å²) in [5, 5.41) is 18.9. The number of nitriles is 1. The molecule has 1 aromatic rings. The highest BCUT2D eigenvalue weighted by atomic mass is 16.5. The number of aliphatic hydroxyl groups is 1. The Kier molecular flexibility index (Phi) is 4.49. The fourth-order valence-electron chi connectivity index (χ4n) is 2.37. The van der Waals surface area contributed by atoms with Crippen LogP contribution in [0, 0.1) is 11.3 Å². The first-order valence-corrected chi connectivity index (χ1v) is 7.10. The van der Waals surface area contributed by atoms with Crippen LogP contribution in [0.2, 0.25) is 0 Å². The highest BCUT2D eigenvalue weighted by Crippen LogP contribution is 2.23. The molecule has 5 heteroatoms. The van der Waals surface area contributed by atoms with E-state index < -0.39 is 11.7 Å². The van der Waals surface area contributed by atoms with Crippen molar-refractivity contribution in [2.24, 2.45) is 0 Å². The normalized spacial score (nSPS) is 18.7. The Labute approximate surface area is 124 Å². The van der Waals surface area contributed by atoms with Crippen LogP contribution in [0.5, 0.6) is 5.75 Å². The summed E-state index contributed by atoms with van der Waals surface area (Å²) < 4.78 is 5.63. The Morgan fingerprint density at radius 2 is 2.05 bits per heavy atom. The second-order valence-corrected chi connectivity index (χ2v) is 5.69. The lowest BCUT2D eigenvalue weighted by atomic mass is 9.93. The van der Waals surface area contributed by atoms with Crippen molar-refractivity contribution in [2.45, 2.75) is 38.4 Å². The monoisotopic (exact) mass is 288 g/mol. The largest absolute Gasteiger partial charge is 0.480 e. The molecule has 1 heterocycles. The molecule has 1 aliphatic heterocycles. The quantitative estimate of drug-likeness (QED) is 0.918. The Morgan fingerprint density at radius 1 is 1.43 bits per heavy atom. The third-order valence-electron chi connectivity index (χ3n) is 3.81. The molecule has 1 atom stereocenters. The van der Waals surface area contributed by atoms with Gasteiger partial charge in [0.2, 0.25) is 0 Å². The van der Waals surface area contributed by atoms with Crippen molar-refractivity contribution in [3.8, 4) is 11.8 Å². The molecule has 1 aliphatic rings. The van der Waals surface area contributed by atoms with Gasteiger partial charge in [-0.3, -0.25) is 4.79 Å². The number of amides is 1. The maximum absolute atomic E-state index is 12.3. The number of hydrogen-bond donors (Lipinski definition) is 1. The van der Waals surface area contributed by atoms with E-state index in [9.17, 15) is 9.90 Å². The van der Waals surface area contributed by atoms with Gasteiger partial charge in [-0.15, -0.1) is 0 Å². The van der Waals surface area contributed by atoms with Gasteiger partial charge in [0.25, 0.3) is 5.91 Å². The number of carbonyl (C=O) groups is 1. The molecular formula is C16H20N2O3. The van der Waals surface area contributed by atoms with Crippen LogP contribution in [0.25, 0.3) is 0 Å². The van der Waals surface area contributed by atoms with Gasteiger partial charge in [-0.05, 0) is 38.8 Å². The topological polar surface area (TPSA) is 73.6 Å². The maximum atomic E-state index is 12.3. The van der Waals surface area contributed by atoms with Gasteiger partial charge >= 0.3 is 0 Å². The average molecular weight is 288 g/mol. The predicted molar refractivity (Wildman–Crippen MR) is 77.7 cm³/mol. The van der Waals surface area contributed by atoms with Gasteiger partial charge in [0, 0.05) is 13.1 Å². The number of likely N-dealkylation sites (tertiary alicyclic amines) is 1. The van der Waals surface area contributed by atoms with E-state index in [1.54, 1.807) is 43.0 Å². The summed E-state index contributed by atoms with van der Waals surface area (Å²) in [6, 6.07) is 8.91. The predicted octanol–water partition coefficient (Wildman–Crippen LogP) is 1.70. The molecule has 1 saturated heterocycles. The number of para-hydroxylation sites is 1. The number of ether oxygens (including phenoxy) is 1. The molecule has 1 fully saturated rings. The number of nitrogens with zero attached hydrogens (tertiary/aromatic N) is 2. The molecule has 112 valence electrons. The van der Waals surface area contributed by atoms with E-state index in [2.05, 4.69) is 0 Å². The van der Waals surface area contributed by atoms with E-state index in [1.165, 1.54) is 0 Å². The minimum absolute atomic E-state index is 0.113. The lowest BCUT2D eigenvalue weighted by Crippen LogP contribution is -2.49. The molecule has 5 nitrogen and oxygen atoms in total. The second-order valence-electron chi connectivity index (χ2n) is 5.69. The molecule has 21 heavy (non-hydrogen) atoms. The molecule has 0 bridgehead atoms. The van der Waals surface area contributed by atoms with Crippen molar-refractivity contribution in [1.82, 2.24) is 4.90 Å². The summed E-state index contributed by atoms with van der Waals surface area (Å²) in [4.78, 5) is 14.1. The molecule has 1 amide bonds. The SMILES string of the molecule is CC(Oc1ccccc1C#N)C(=O)N1CCC(C)(O)CC1. The fraction of sp³-hybridized carbons (Fsp3) is 0.500. The van der Waals surface area contributed by atoms with Gasteiger partial charge in [0.05, 0.1) is 11.2 Å². The smallest absolute Gasteiger partial charge is 0.263 e. The summed E-state index contributed by atoms with van der Waals surface area (Å²) in [5.74, 6) is 0.308. The molecule has 0 saturated carbocycles. The summed E-state index contributed by atoms with van der Waals surface area (Å²) in [5.41, 5.74) is -0.271. The summed E-state index contributed by atoms with van der Waals surface area (Å²) in [7, 11) is 0. The zero-order valence-electron chi connectivity index (χ0n) is 12.4. The number of carbonyl (C=O) groups excluding carboxylic acids is 1. The number of piperidine rings is 1. The Bertz CT molecular complexity index is 553. The maximum Gasteiger partial charge on any atom is 0.263 e. The molecule has 0 radical (unpaired) electrons. The standard InChI is InChI=1S/C16H20N2O3/c1-12(21-14-6-4-3-5-13(14)11-17)15(19)18-9-7-16(2,20)8-10-18/h3-6,12,20H,7-10H2,1-2H3. The van der Waals surface area contributed by atoms with Crippen molar-refractivity contribution in [1.29, 1.82) is 5.26 Å². The first-order valence-electron chi connectivity index (χ1n) is 7.10. The molecule has 0 aliphatic carbocycles. The molecule has 0 spiro atoms. The molecule has 1 unspecified atom stereocenters. The van der Waals surface area contributed by atoms with Gasteiger partial charge in [-0.2, -0.15) is 5.26 Å². The van der Waals surface area contributed by atoms with Gasteiger partial charge in [-0.25, -0.2) is 0 Å². The number of benzene rings is 1. The van der Waals surface area contributed by atoms with Gasteiger partial charge in [0.15, 0.2) is 6.10 Å². The Morgan fingerprint density at radius 3 is 2.67 bits per heavy atom. The first kappa shape index (κ1) is 15.3. The second kappa shape index (κ2) is 6.15. The third kappa shape index (κ3) is 3.73. The van der Waals surface area contributed by atoms with Crippen LogP contribution in [-0.2, 0) is 4.79 Å². The molecular weight excluding hydrogens is 268 g/mol. The Balaban J connectivity index is 1.99.